The lowest BCUT2D eigenvalue weighted by molar-refractivity contribution is 0.791. The Bertz CT molecular complexity index is 670. The van der Waals surface area contributed by atoms with E-state index in [4.69, 9.17) is 10.9 Å². The summed E-state index contributed by atoms with van der Waals surface area (Å²) < 4.78 is 0. The van der Waals surface area contributed by atoms with Gasteiger partial charge in [0.2, 0.25) is 0 Å². The van der Waals surface area contributed by atoms with Gasteiger partial charge in [0.05, 0.1) is 0 Å². The van der Waals surface area contributed by atoms with Gasteiger partial charge in [-0.1, -0.05) is 67.7 Å². The molecule has 3 N–H and O–H groups in total. The minimum absolute atomic E-state index is 0.0733. The molecule has 0 fully saturated rings. The Morgan fingerprint density at radius 2 is 2.16 bits per heavy atom. The van der Waals surface area contributed by atoms with E-state index in [1.54, 1.807) is 12.2 Å². The van der Waals surface area contributed by atoms with Crippen LogP contribution in [0.15, 0.2) is 88.7 Å². The fraction of sp³-hybridized carbons (Fsp3) is 0.286. The van der Waals surface area contributed by atoms with Gasteiger partial charge < -0.3 is 5.32 Å². The second kappa shape index (κ2) is 11.9. The van der Waals surface area contributed by atoms with Gasteiger partial charge in [-0.25, -0.2) is 5.53 Å². The zero-order chi connectivity index (χ0) is 18.5. The molecule has 0 aromatic carbocycles. The summed E-state index contributed by atoms with van der Waals surface area (Å²) in [5.74, 6) is -0.0733. The molecule has 25 heavy (non-hydrogen) atoms. The number of rotatable bonds is 9. The van der Waals surface area contributed by atoms with Gasteiger partial charge in [0.15, 0.2) is 5.84 Å². The predicted molar refractivity (Wildman–Crippen MR) is 107 cm³/mol. The van der Waals surface area contributed by atoms with Crippen LogP contribution in [0.5, 0.6) is 0 Å². The van der Waals surface area contributed by atoms with Crippen molar-refractivity contribution >= 4 is 5.84 Å². The molecule has 0 aromatic heterocycles. The molecule has 0 spiro atoms. The van der Waals surface area contributed by atoms with Crippen LogP contribution in [0.25, 0.3) is 0 Å². The number of hydrogen-bond donors (Lipinski definition) is 3. The van der Waals surface area contributed by atoms with Crippen LogP contribution >= 0.6 is 0 Å². The van der Waals surface area contributed by atoms with E-state index in [1.807, 2.05) is 18.2 Å². The minimum atomic E-state index is -0.0733. The Kier molecular flexibility index (Phi) is 9.71. The van der Waals surface area contributed by atoms with Crippen molar-refractivity contribution in [3.63, 3.8) is 0 Å². The van der Waals surface area contributed by atoms with Crippen molar-refractivity contribution in [3.8, 4) is 0 Å². The van der Waals surface area contributed by atoms with Crippen LogP contribution in [0.1, 0.15) is 26.7 Å². The Morgan fingerprint density at radius 3 is 2.84 bits per heavy atom. The fourth-order valence-electron chi connectivity index (χ4n) is 2.44. The van der Waals surface area contributed by atoms with Crippen molar-refractivity contribution in [2.24, 2.45) is 5.11 Å². The lowest BCUT2D eigenvalue weighted by Crippen LogP contribution is -2.20. The number of nitrogens with zero attached hydrogens (tertiary/aromatic N) is 1. The molecule has 0 atom stereocenters. The molecule has 0 radical (unpaired) electrons. The molecule has 0 heterocycles. The number of nitrogens with one attached hydrogen (secondary N) is 3. The molecule has 132 valence electrons. The molecule has 0 aromatic rings. The van der Waals surface area contributed by atoms with Gasteiger partial charge in [-0.2, -0.15) is 0 Å². The highest BCUT2D eigenvalue weighted by Crippen LogP contribution is 2.18. The maximum Gasteiger partial charge on any atom is 0.173 e. The zero-order valence-electron chi connectivity index (χ0n) is 15.2. The SMILES string of the molecule is C=C/C=C(\C=C(/CNC/C(C)=C/CC)C1=CCC=CC=C1)C(=N)N=N. The van der Waals surface area contributed by atoms with Crippen molar-refractivity contribution in [3.05, 3.63) is 83.6 Å². The van der Waals surface area contributed by atoms with E-state index in [9.17, 15) is 0 Å². The molecule has 1 aliphatic rings. The third-order valence-corrected chi connectivity index (χ3v) is 3.65. The second-order valence-electron chi connectivity index (χ2n) is 5.73. The van der Waals surface area contributed by atoms with E-state index < -0.39 is 0 Å². The monoisotopic (exact) mass is 336 g/mol. The molecule has 0 aliphatic heterocycles. The van der Waals surface area contributed by atoms with E-state index in [1.165, 1.54) is 5.57 Å². The van der Waals surface area contributed by atoms with Crippen LogP contribution < -0.4 is 5.32 Å². The van der Waals surface area contributed by atoms with Crippen molar-refractivity contribution < 1.29 is 0 Å². The maximum absolute atomic E-state index is 7.85. The summed E-state index contributed by atoms with van der Waals surface area (Å²) in [4.78, 5) is 0. The van der Waals surface area contributed by atoms with Crippen LogP contribution in [0.4, 0.5) is 0 Å². The van der Waals surface area contributed by atoms with Crippen molar-refractivity contribution in [2.75, 3.05) is 13.1 Å². The smallest absolute Gasteiger partial charge is 0.173 e. The van der Waals surface area contributed by atoms with E-state index in [0.717, 1.165) is 30.5 Å². The van der Waals surface area contributed by atoms with Crippen LogP contribution in [0.2, 0.25) is 0 Å². The summed E-state index contributed by atoms with van der Waals surface area (Å²) in [6.07, 6.45) is 19.7. The first-order chi connectivity index (χ1) is 12.1. The van der Waals surface area contributed by atoms with Crippen LogP contribution in [-0.2, 0) is 0 Å². The topological polar surface area (TPSA) is 72.1 Å². The summed E-state index contributed by atoms with van der Waals surface area (Å²) in [5, 5.41) is 14.6. The maximum atomic E-state index is 7.85. The number of amidine groups is 1. The molecule has 1 rings (SSSR count). The molecular weight excluding hydrogens is 308 g/mol. The van der Waals surface area contributed by atoms with E-state index in [-0.39, 0.29) is 5.84 Å². The number of hydrogen-bond acceptors (Lipinski definition) is 3. The first kappa shape index (κ1) is 20.5. The summed E-state index contributed by atoms with van der Waals surface area (Å²) in [6.45, 7) is 9.43. The first-order valence-electron chi connectivity index (χ1n) is 8.52. The Labute approximate surface area is 151 Å². The summed E-state index contributed by atoms with van der Waals surface area (Å²) in [5.41, 5.74) is 11.2. The van der Waals surface area contributed by atoms with E-state index in [0.29, 0.717) is 12.1 Å². The van der Waals surface area contributed by atoms with Crippen LogP contribution in [-0.4, -0.2) is 18.9 Å². The number of allylic oxidation sites excluding steroid dienone is 8. The van der Waals surface area contributed by atoms with Gasteiger partial charge in [-0.15, -0.1) is 5.11 Å². The summed E-state index contributed by atoms with van der Waals surface area (Å²) in [7, 11) is 0. The molecule has 1 aliphatic carbocycles. The molecule has 4 nitrogen and oxygen atoms in total. The molecule has 0 amide bonds. The zero-order valence-corrected chi connectivity index (χ0v) is 15.2. The lowest BCUT2D eigenvalue weighted by atomic mass is 10.0. The highest BCUT2D eigenvalue weighted by Gasteiger charge is 2.07. The quantitative estimate of drug-likeness (QED) is 0.170. The predicted octanol–water partition coefficient (Wildman–Crippen LogP) is 5.42. The molecule has 0 unspecified atom stereocenters. The largest absolute Gasteiger partial charge is 0.309 e. The summed E-state index contributed by atoms with van der Waals surface area (Å²) >= 11 is 0. The van der Waals surface area contributed by atoms with E-state index in [2.05, 4.69) is 55.2 Å². The van der Waals surface area contributed by atoms with Gasteiger partial charge >= 0.3 is 0 Å². The minimum Gasteiger partial charge on any atom is -0.309 e. The average Bonchev–Trinajstić information content (AvgIpc) is 2.89. The lowest BCUT2D eigenvalue weighted by Gasteiger charge is -2.12. The van der Waals surface area contributed by atoms with Crippen molar-refractivity contribution in [1.82, 2.24) is 5.32 Å². The summed E-state index contributed by atoms with van der Waals surface area (Å²) in [6, 6.07) is 0. The van der Waals surface area contributed by atoms with Gasteiger partial charge in [0, 0.05) is 18.7 Å². The molecule has 0 saturated carbocycles. The van der Waals surface area contributed by atoms with Gasteiger partial charge in [-0.05, 0) is 37.0 Å². The Morgan fingerprint density at radius 1 is 1.36 bits per heavy atom. The molecule has 0 saturated heterocycles. The van der Waals surface area contributed by atoms with Gasteiger partial charge in [0.1, 0.15) is 0 Å². The van der Waals surface area contributed by atoms with Crippen LogP contribution in [0, 0.1) is 10.9 Å². The average molecular weight is 336 g/mol. The van der Waals surface area contributed by atoms with Gasteiger partial charge in [-0.3, -0.25) is 5.41 Å². The van der Waals surface area contributed by atoms with Gasteiger partial charge in [0.25, 0.3) is 0 Å². The third kappa shape index (κ3) is 7.68. The fourth-order valence-corrected chi connectivity index (χ4v) is 2.44. The van der Waals surface area contributed by atoms with E-state index >= 15 is 0 Å². The molecule has 4 heteroatoms. The second-order valence-corrected chi connectivity index (χ2v) is 5.73. The first-order valence-corrected chi connectivity index (χ1v) is 8.52. The van der Waals surface area contributed by atoms with Crippen LogP contribution in [0.3, 0.4) is 0 Å². The van der Waals surface area contributed by atoms with Crippen molar-refractivity contribution in [2.45, 2.75) is 26.7 Å². The normalized spacial score (nSPS) is 15.6. The Balaban J connectivity index is 3.07. The highest BCUT2D eigenvalue weighted by molar-refractivity contribution is 5.99. The third-order valence-electron chi connectivity index (χ3n) is 3.65. The molecule has 0 bridgehead atoms. The standard InChI is InChI=1S/C21H28N4/c1-4-10-17(3)15-24-16-20(18-12-8-6-7-9-13-18)14-19(11-5-2)21(22)25-23/h5-8,10-14,22-24H,2,4,9,15-16H2,1,3H3/b17-10+,19-11+,20-14+,22-21?,25-23?. The van der Waals surface area contributed by atoms with Crippen molar-refractivity contribution in [1.29, 1.82) is 10.9 Å². The highest BCUT2D eigenvalue weighted by atomic mass is 15.0. The Hall–Kier alpha value is -2.59. The molecular formula is C21H28N4.